The Hall–Kier alpha value is -2.93. The zero-order chi connectivity index (χ0) is 20.7. The summed E-state index contributed by atoms with van der Waals surface area (Å²) in [6.07, 6.45) is 6.06. The van der Waals surface area contributed by atoms with Crippen LogP contribution in [0.15, 0.2) is 58.3 Å². The number of hydrogen-bond donors (Lipinski definition) is 0. The lowest BCUT2D eigenvalue weighted by atomic mass is 9.83. The summed E-state index contributed by atoms with van der Waals surface area (Å²) in [7, 11) is 2.00. The topological polar surface area (TPSA) is 54.5 Å². The Labute approximate surface area is 174 Å². The van der Waals surface area contributed by atoms with Crippen molar-refractivity contribution in [2.24, 2.45) is 5.92 Å². The first-order valence-electron chi connectivity index (χ1n) is 10.4. The van der Waals surface area contributed by atoms with Gasteiger partial charge in [0.15, 0.2) is 11.6 Å². The number of hydrogen-bond acceptors (Lipinski definition) is 5. The van der Waals surface area contributed by atoms with Crippen LogP contribution in [0.25, 0.3) is 0 Å². The molecule has 2 bridgehead atoms. The van der Waals surface area contributed by atoms with E-state index in [0.717, 1.165) is 36.3 Å². The number of aromatic nitrogens is 2. The summed E-state index contributed by atoms with van der Waals surface area (Å²) in [5, 5.41) is 0. The number of anilines is 1. The molecule has 0 N–H and O–H groups in total. The molecule has 5 heterocycles. The molecule has 30 heavy (non-hydrogen) atoms. The van der Waals surface area contributed by atoms with Gasteiger partial charge < -0.3 is 13.9 Å². The van der Waals surface area contributed by atoms with E-state index >= 15 is 0 Å². The minimum atomic E-state index is -0.286. The lowest BCUT2D eigenvalue weighted by molar-refractivity contribution is 0.275. The fourth-order valence-electron chi connectivity index (χ4n) is 4.94. The van der Waals surface area contributed by atoms with Crippen LogP contribution in [0.4, 0.5) is 10.2 Å². The molecule has 2 atom stereocenters. The first kappa shape index (κ1) is 19.1. The molecule has 0 saturated carbocycles. The highest BCUT2D eigenvalue weighted by molar-refractivity contribution is 5.42. The summed E-state index contributed by atoms with van der Waals surface area (Å²) in [5.41, 5.74) is 3.04. The number of rotatable bonds is 5. The molecule has 2 aliphatic rings. The van der Waals surface area contributed by atoms with Gasteiger partial charge in [-0.3, -0.25) is 9.69 Å². The third-order valence-electron chi connectivity index (χ3n) is 6.19. The van der Waals surface area contributed by atoms with Crippen molar-refractivity contribution in [3.05, 3.63) is 82.0 Å². The average Bonchev–Trinajstić information content (AvgIpc) is 3.23. The minimum absolute atomic E-state index is 0.0960. The Bertz CT molecular complexity index is 1090. The zero-order valence-electron chi connectivity index (χ0n) is 17.0. The maximum atomic E-state index is 14.3. The van der Waals surface area contributed by atoms with E-state index in [1.807, 2.05) is 28.6 Å². The Morgan fingerprint density at radius 3 is 2.90 bits per heavy atom. The molecular formula is C23H25FN4O2. The molecule has 6 nitrogen and oxygen atoms in total. The van der Waals surface area contributed by atoms with Crippen LogP contribution < -0.4 is 10.5 Å². The van der Waals surface area contributed by atoms with Gasteiger partial charge in [-0.05, 0) is 43.7 Å². The molecular weight excluding hydrogens is 383 g/mol. The molecule has 5 rings (SSSR count). The van der Waals surface area contributed by atoms with Crippen molar-refractivity contribution < 1.29 is 8.81 Å². The van der Waals surface area contributed by atoms with E-state index < -0.39 is 0 Å². The summed E-state index contributed by atoms with van der Waals surface area (Å²) in [6, 6.07) is 9.05. The predicted octanol–water partition coefficient (Wildman–Crippen LogP) is 3.23. The van der Waals surface area contributed by atoms with Gasteiger partial charge in [-0.25, -0.2) is 9.37 Å². The fraction of sp³-hybridized carbons (Fsp3) is 0.391. The first-order chi connectivity index (χ1) is 14.6. The molecule has 0 aromatic carbocycles. The predicted molar refractivity (Wildman–Crippen MR) is 112 cm³/mol. The van der Waals surface area contributed by atoms with Gasteiger partial charge in [-0.15, -0.1) is 0 Å². The van der Waals surface area contributed by atoms with Crippen LogP contribution in [0.3, 0.4) is 0 Å². The summed E-state index contributed by atoms with van der Waals surface area (Å²) in [4.78, 5) is 21.6. The van der Waals surface area contributed by atoms with Gasteiger partial charge in [0.05, 0.1) is 12.5 Å². The van der Waals surface area contributed by atoms with E-state index in [0.29, 0.717) is 31.4 Å². The smallest absolute Gasteiger partial charge is 0.255 e. The van der Waals surface area contributed by atoms with Crippen LogP contribution in [-0.2, 0) is 19.6 Å². The number of fused-ring (bicyclic) bond motifs is 4. The Morgan fingerprint density at radius 1 is 1.20 bits per heavy atom. The van der Waals surface area contributed by atoms with Crippen LogP contribution in [-0.4, -0.2) is 34.6 Å². The van der Waals surface area contributed by atoms with Crippen molar-refractivity contribution in [1.29, 1.82) is 0 Å². The van der Waals surface area contributed by atoms with Crippen LogP contribution >= 0.6 is 0 Å². The molecule has 1 saturated heterocycles. The summed E-state index contributed by atoms with van der Waals surface area (Å²) >= 11 is 0. The Kier molecular flexibility index (Phi) is 4.90. The maximum Gasteiger partial charge on any atom is 0.255 e. The molecule has 7 heteroatoms. The van der Waals surface area contributed by atoms with E-state index in [-0.39, 0.29) is 17.3 Å². The molecule has 156 valence electrons. The van der Waals surface area contributed by atoms with Gasteiger partial charge in [0.2, 0.25) is 0 Å². The minimum Gasteiger partial charge on any atom is -0.472 e. The molecule has 1 fully saturated rings. The number of nitrogens with zero attached hydrogens (tertiary/aromatic N) is 4. The third kappa shape index (κ3) is 3.54. The van der Waals surface area contributed by atoms with Crippen LogP contribution in [0, 0.1) is 11.7 Å². The molecule has 0 aliphatic carbocycles. The highest BCUT2D eigenvalue weighted by Crippen LogP contribution is 2.37. The standard InChI is InChI=1S/C23H25FN4O2/c1-26(10-16-6-8-30-15-16)13-18-4-5-21-19-9-17(12-28(21)23(18)29)11-27(14-19)22-20(24)3-2-7-25-22/h2-8,15,17,19H,9-14H2,1H3/t17-,19+/m0/s1. The normalized spacial score (nSPS) is 20.4. The van der Waals surface area contributed by atoms with Gasteiger partial charge in [-0.2, -0.15) is 0 Å². The lowest BCUT2D eigenvalue weighted by Gasteiger charge is -2.43. The second kappa shape index (κ2) is 7.72. The van der Waals surface area contributed by atoms with E-state index in [2.05, 4.69) is 16.0 Å². The number of piperidine rings is 1. The van der Waals surface area contributed by atoms with Gasteiger partial charge in [0, 0.05) is 61.7 Å². The van der Waals surface area contributed by atoms with E-state index in [9.17, 15) is 9.18 Å². The largest absolute Gasteiger partial charge is 0.472 e. The second-order valence-corrected chi connectivity index (χ2v) is 8.52. The molecule has 0 radical (unpaired) electrons. The van der Waals surface area contributed by atoms with Crippen molar-refractivity contribution in [2.45, 2.75) is 32.0 Å². The van der Waals surface area contributed by atoms with Gasteiger partial charge in [0.1, 0.15) is 0 Å². The quantitative estimate of drug-likeness (QED) is 0.649. The first-order valence-corrected chi connectivity index (χ1v) is 10.4. The molecule has 3 aromatic heterocycles. The zero-order valence-corrected chi connectivity index (χ0v) is 17.0. The van der Waals surface area contributed by atoms with Crippen molar-refractivity contribution in [2.75, 3.05) is 25.0 Å². The second-order valence-electron chi connectivity index (χ2n) is 8.52. The highest BCUT2D eigenvalue weighted by atomic mass is 19.1. The molecule has 0 unspecified atom stereocenters. The Balaban J connectivity index is 1.37. The van der Waals surface area contributed by atoms with Crippen molar-refractivity contribution in [3.8, 4) is 0 Å². The molecule has 3 aromatic rings. The van der Waals surface area contributed by atoms with Crippen molar-refractivity contribution in [1.82, 2.24) is 14.5 Å². The summed E-state index contributed by atoms with van der Waals surface area (Å²) in [6.45, 7) is 3.40. The van der Waals surface area contributed by atoms with Gasteiger partial charge >= 0.3 is 0 Å². The summed E-state index contributed by atoms with van der Waals surface area (Å²) < 4.78 is 21.3. The van der Waals surface area contributed by atoms with Crippen LogP contribution in [0.1, 0.15) is 29.2 Å². The van der Waals surface area contributed by atoms with E-state index in [1.54, 1.807) is 24.8 Å². The number of halogens is 1. The molecule has 0 spiro atoms. The Morgan fingerprint density at radius 2 is 2.10 bits per heavy atom. The van der Waals surface area contributed by atoms with Crippen LogP contribution in [0.2, 0.25) is 0 Å². The average molecular weight is 408 g/mol. The molecule has 2 aliphatic heterocycles. The summed E-state index contributed by atoms with van der Waals surface area (Å²) in [5.74, 6) is 0.657. The SMILES string of the molecule is CN(Cc1ccoc1)Cc1ccc2n(c1=O)C[C@H]1C[C@@H]2CN(c2ncccc2F)C1. The van der Waals surface area contributed by atoms with Crippen LogP contribution in [0.5, 0.6) is 0 Å². The van der Waals surface area contributed by atoms with Crippen molar-refractivity contribution >= 4 is 5.82 Å². The highest BCUT2D eigenvalue weighted by Gasteiger charge is 2.36. The van der Waals surface area contributed by atoms with E-state index in [4.69, 9.17) is 4.42 Å². The lowest BCUT2D eigenvalue weighted by Crippen LogP contribution is -2.48. The third-order valence-corrected chi connectivity index (χ3v) is 6.19. The van der Waals surface area contributed by atoms with E-state index in [1.165, 1.54) is 6.07 Å². The maximum absolute atomic E-state index is 14.3. The van der Waals surface area contributed by atoms with Gasteiger partial charge in [-0.1, -0.05) is 6.07 Å². The number of furan rings is 1. The monoisotopic (exact) mass is 408 g/mol. The van der Waals surface area contributed by atoms with Gasteiger partial charge in [0.25, 0.3) is 5.56 Å². The van der Waals surface area contributed by atoms with Crippen molar-refractivity contribution in [3.63, 3.8) is 0 Å². The fourth-order valence-corrected chi connectivity index (χ4v) is 4.94. The molecule has 0 amide bonds. The number of pyridine rings is 2.